The Balaban J connectivity index is 1.95. The quantitative estimate of drug-likeness (QED) is 0.642. The van der Waals surface area contributed by atoms with Gasteiger partial charge in [0.05, 0.1) is 5.52 Å². The van der Waals surface area contributed by atoms with E-state index >= 15 is 0 Å². The topological polar surface area (TPSA) is 35.0 Å². The molecule has 18 heavy (non-hydrogen) atoms. The molecule has 0 aliphatic heterocycles. The van der Waals surface area contributed by atoms with E-state index in [9.17, 15) is 4.39 Å². The summed E-state index contributed by atoms with van der Waals surface area (Å²) in [7, 11) is 0. The molecular weight excluding hydrogens is 231 g/mol. The van der Waals surface area contributed by atoms with Gasteiger partial charge < -0.3 is 4.74 Å². The van der Waals surface area contributed by atoms with Crippen LogP contribution in [0.1, 0.15) is 0 Å². The maximum atomic E-state index is 12.9. The second-order valence-corrected chi connectivity index (χ2v) is 3.77. The highest BCUT2D eigenvalue weighted by Crippen LogP contribution is 2.24. The first-order chi connectivity index (χ1) is 8.81. The van der Waals surface area contributed by atoms with Crippen molar-refractivity contribution in [3.63, 3.8) is 0 Å². The van der Waals surface area contributed by atoms with Gasteiger partial charge in [0.2, 0.25) is 5.95 Å². The van der Waals surface area contributed by atoms with E-state index in [1.54, 1.807) is 12.3 Å². The van der Waals surface area contributed by atoms with Crippen LogP contribution in [0.25, 0.3) is 10.9 Å². The molecule has 88 valence electrons. The summed E-state index contributed by atoms with van der Waals surface area (Å²) in [4.78, 5) is 7.71. The zero-order valence-electron chi connectivity index (χ0n) is 9.38. The molecule has 2 aromatic heterocycles. The molecular formula is C14H9FN2O. The summed E-state index contributed by atoms with van der Waals surface area (Å²) in [5.41, 5.74) is 0.838. The summed E-state index contributed by atoms with van der Waals surface area (Å²) in [5.74, 6) is 0.469. The first-order valence-electron chi connectivity index (χ1n) is 5.45. The average Bonchev–Trinajstić information content (AvgIpc) is 2.39. The van der Waals surface area contributed by atoms with E-state index in [1.807, 2.05) is 30.3 Å². The van der Waals surface area contributed by atoms with Crippen LogP contribution in [-0.2, 0) is 0 Å². The third-order valence-corrected chi connectivity index (χ3v) is 2.51. The number of hydrogen-bond acceptors (Lipinski definition) is 3. The van der Waals surface area contributed by atoms with E-state index in [2.05, 4.69) is 9.97 Å². The Kier molecular flexibility index (Phi) is 2.61. The summed E-state index contributed by atoms with van der Waals surface area (Å²) in [6.07, 6.45) is 3.09. The SMILES string of the molecule is Fc1cc(Oc2ccc3cccnc3c2)ccn1. The number of hydrogen-bond donors (Lipinski definition) is 0. The molecule has 0 aliphatic carbocycles. The molecule has 0 radical (unpaired) electrons. The van der Waals surface area contributed by atoms with Gasteiger partial charge in [-0.3, -0.25) is 4.98 Å². The lowest BCUT2D eigenvalue weighted by molar-refractivity contribution is 0.472. The molecule has 0 saturated heterocycles. The summed E-state index contributed by atoms with van der Waals surface area (Å²) < 4.78 is 18.5. The van der Waals surface area contributed by atoms with Crippen LogP contribution in [-0.4, -0.2) is 9.97 Å². The minimum absolute atomic E-state index is 0.415. The Morgan fingerprint density at radius 2 is 1.78 bits per heavy atom. The van der Waals surface area contributed by atoms with Crippen LogP contribution in [0.2, 0.25) is 0 Å². The van der Waals surface area contributed by atoms with Crippen molar-refractivity contribution in [1.82, 2.24) is 9.97 Å². The van der Waals surface area contributed by atoms with Crippen LogP contribution in [0, 0.1) is 5.95 Å². The number of ether oxygens (including phenoxy) is 1. The van der Waals surface area contributed by atoms with E-state index in [0.29, 0.717) is 11.5 Å². The van der Waals surface area contributed by atoms with Gasteiger partial charge >= 0.3 is 0 Å². The normalized spacial score (nSPS) is 10.5. The molecule has 0 aliphatic rings. The van der Waals surface area contributed by atoms with E-state index < -0.39 is 5.95 Å². The molecule has 1 aromatic carbocycles. The highest BCUT2D eigenvalue weighted by atomic mass is 19.1. The van der Waals surface area contributed by atoms with Gasteiger partial charge in [0.1, 0.15) is 11.5 Å². The predicted octanol–water partition coefficient (Wildman–Crippen LogP) is 3.56. The number of halogens is 1. The van der Waals surface area contributed by atoms with Crippen molar-refractivity contribution in [2.45, 2.75) is 0 Å². The third kappa shape index (κ3) is 2.13. The molecule has 0 saturated carbocycles. The van der Waals surface area contributed by atoms with Crippen LogP contribution in [0.15, 0.2) is 54.9 Å². The van der Waals surface area contributed by atoms with Crippen LogP contribution >= 0.6 is 0 Å². The van der Waals surface area contributed by atoms with Gasteiger partial charge in [-0.1, -0.05) is 6.07 Å². The Bertz CT molecular complexity index is 700. The van der Waals surface area contributed by atoms with Gasteiger partial charge in [-0.15, -0.1) is 0 Å². The van der Waals surface area contributed by atoms with Gasteiger partial charge in [0.15, 0.2) is 0 Å². The number of aromatic nitrogens is 2. The van der Waals surface area contributed by atoms with Crippen molar-refractivity contribution in [1.29, 1.82) is 0 Å². The number of rotatable bonds is 2. The van der Waals surface area contributed by atoms with Gasteiger partial charge in [-0.25, -0.2) is 4.98 Å². The first kappa shape index (κ1) is 10.7. The van der Waals surface area contributed by atoms with Crippen molar-refractivity contribution >= 4 is 10.9 Å². The fourth-order valence-corrected chi connectivity index (χ4v) is 1.69. The zero-order chi connectivity index (χ0) is 12.4. The lowest BCUT2D eigenvalue weighted by atomic mass is 10.2. The standard InChI is InChI=1S/C14H9FN2O/c15-14-9-12(5-7-17-14)18-11-4-3-10-2-1-6-16-13(10)8-11/h1-9H. The van der Waals surface area contributed by atoms with Gasteiger partial charge in [0.25, 0.3) is 0 Å². The summed E-state index contributed by atoms with van der Waals surface area (Å²) in [6.45, 7) is 0. The Morgan fingerprint density at radius 3 is 2.67 bits per heavy atom. The summed E-state index contributed by atoms with van der Waals surface area (Å²) in [5, 5.41) is 1.03. The van der Waals surface area contributed by atoms with Crippen molar-refractivity contribution in [3.8, 4) is 11.5 Å². The molecule has 0 amide bonds. The maximum Gasteiger partial charge on any atom is 0.216 e. The molecule has 3 aromatic rings. The Labute approximate surface area is 103 Å². The molecule has 0 fully saturated rings. The second kappa shape index (κ2) is 4.41. The lowest BCUT2D eigenvalue weighted by Gasteiger charge is -2.06. The van der Waals surface area contributed by atoms with E-state index in [1.165, 1.54) is 12.3 Å². The van der Waals surface area contributed by atoms with Gasteiger partial charge in [0, 0.05) is 29.9 Å². The molecule has 0 spiro atoms. The van der Waals surface area contributed by atoms with Crippen LogP contribution in [0.4, 0.5) is 4.39 Å². The minimum Gasteiger partial charge on any atom is -0.457 e. The first-order valence-corrected chi connectivity index (χ1v) is 5.45. The summed E-state index contributed by atoms with van der Waals surface area (Å²) in [6, 6.07) is 12.2. The number of nitrogens with zero attached hydrogens (tertiary/aromatic N) is 2. The minimum atomic E-state index is -0.564. The molecule has 3 rings (SSSR count). The van der Waals surface area contributed by atoms with Crippen molar-refractivity contribution < 1.29 is 9.13 Å². The van der Waals surface area contributed by atoms with Crippen molar-refractivity contribution in [3.05, 3.63) is 60.8 Å². The predicted molar refractivity (Wildman–Crippen MR) is 66.0 cm³/mol. The number of benzene rings is 1. The monoisotopic (exact) mass is 240 g/mol. The smallest absolute Gasteiger partial charge is 0.216 e. The number of pyridine rings is 2. The average molecular weight is 240 g/mol. The van der Waals surface area contributed by atoms with Gasteiger partial charge in [-0.2, -0.15) is 4.39 Å². The Morgan fingerprint density at radius 1 is 0.889 bits per heavy atom. The van der Waals surface area contributed by atoms with Crippen LogP contribution in [0.3, 0.4) is 0 Å². The van der Waals surface area contributed by atoms with Crippen LogP contribution in [0.5, 0.6) is 11.5 Å². The highest BCUT2D eigenvalue weighted by molar-refractivity contribution is 5.79. The molecule has 3 nitrogen and oxygen atoms in total. The maximum absolute atomic E-state index is 12.9. The van der Waals surface area contributed by atoms with E-state index in [-0.39, 0.29) is 0 Å². The van der Waals surface area contributed by atoms with E-state index in [4.69, 9.17) is 4.74 Å². The van der Waals surface area contributed by atoms with Crippen molar-refractivity contribution in [2.24, 2.45) is 0 Å². The second-order valence-electron chi connectivity index (χ2n) is 3.77. The Hall–Kier alpha value is -2.49. The van der Waals surface area contributed by atoms with E-state index in [0.717, 1.165) is 10.9 Å². The molecule has 0 N–H and O–H groups in total. The molecule has 2 heterocycles. The largest absolute Gasteiger partial charge is 0.457 e. The van der Waals surface area contributed by atoms with Gasteiger partial charge in [-0.05, 0) is 24.3 Å². The third-order valence-electron chi connectivity index (χ3n) is 2.51. The van der Waals surface area contributed by atoms with Crippen LogP contribution < -0.4 is 4.74 Å². The highest BCUT2D eigenvalue weighted by Gasteiger charge is 2.01. The molecule has 0 unspecified atom stereocenters. The molecule has 0 atom stereocenters. The summed E-state index contributed by atoms with van der Waals surface area (Å²) >= 11 is 0. The lowest BCUT2D eigenvalue weighted by Crippen LogP contribution is -1.87. The number of fused-ring (bicyclic) bond motifs is 1. The molecule has 4 heteroatoms. The van der Waals surface area contributed by atoms with Crippen molar-refractivity contribution in [2.75, 3.05) is 0 Å². The molecule has 0 bridgehead atoms. The zero-order valence-corrected chi connectivity index (χ0v) is 9.38. The fourth-order valence-electron chi connectivity index (χ4n) is 1.69. The fraction of sp³-hybridized carbons (Fsp3) is 0.